The van der Waals surface area contributed by atoms with E-state index in [1.807, 2.05) is 31.3 Å². The molecule has 1 aliphatic rings. The Hall–Kier alpha value is -0.730. The smallest absolute Gasteiger partial charge is 0.193 e. The molecule has 0 saturated carbocycles. The van der Waals surface area contributed by atoms with Crippen LogP contribution < -0.4 is 10.1 Å². The van der Waals surface area contributed by atoms with Crippen molar-refractivity contribution in [1.82, 2.24) is 15.1 Å². The third kappa shape index (κ3) is 8.03. The van der Waals surface area contributed by atoms with Crippen molar-refractivity contribution in [3.8, 4) is 5.75 Å². The molecule has 1 aromatic carbocycles. The molecule has 0 spiro atoms. The molecule has 0 aromatic heterocycles. The number of halogens is 2. The number of benzene rings is 1. The first-order valence-corrected chi connectivity index (χ1v) is 10.0. The third-order valence-electron chi connectivity index (χ3n) is 4.91. The van der Waals surface area contributed by atoms with Crippen molar-refractivity contribution >= 4 is 41.5 Å². The summed E-state index contributed by atoms with van der Waals surface area (Å²) in [6.07, 6.45) is 1.27. The second-order valence-corrected chi connectivity index (χ2v) is 7.33. The number of likely N-dealkylation sites (tertiary alicyclic amines) is 1. The Morgan fingerprint density at radius 3 is 2.59 bits per heavy atom. The number of ether oxygens (including phenoxy) is 1. The molecule has 0 amide bonds. The van der Waals surface area contributed by atoms with Crippen LogP contribution in [-0.4, -0.2) is 68.2 Å². The Morgan fingerprint density at radius 2 is 2.00 bits per heavy atom. The number of hydrogen-bond acceptors (Lipinski definition) is 3. The molecular weight excluding hydrogens is 475 g/mol. The maximum atomic E-state index is 5.93. The van der Waals surface area contributed by atoms with Crippen molar-refractivity contribution in [3.05, 3.63) is 29.3 Å². The van der Waals surface area contributed by atoms with Crippen LogP contribution in [0, 0.1) is 5.92 Å². The molecule has 0 bridgehead atoms. The number of guanidine groups is 1. The molecule has 2 rings (SSSR count). The highest BCUT2D eigenvalue weighted by Gasteiger charge is 2.26. The second kappa shape index (κ2) is 12.7. The van der Waals surface area contributed by atoms with E-state index in [2.05, 4.69) is 40.9 Å². The van der Waals surface area contributed by atoms with Crippen molar-refractivity contribution in [1.29, 1.82) is 0 Å². The zero-order valence-electron chi connectivity index (χ0n) is 16.9. The van der Waals surface area contributed by atoms with Crippen LogP contribution in [0.15, 0.2) is 29.3 Å². The average Bonchev–Trinajstić information content (AvgIpc) is 3.10. The van der Waals surface area contributed by atoms with Crippen LogP contribution in [0.5, 0.6) is 5.75 Å². The Bertz CT molecular complexity index is 566. The van der Waals surface area contributed by atoms with E-state index < -0.39 is 0 Å². The van der Waals surface area contributed by atoms with Crippen molar-refractivity contribution in [2.75, 3.05) is 46.3 Å². The first-order valence-electron chi connectivity index (χ1n) is 9.65. The van der Waals surface area contributed by atoms with E-state index in [1.54, 1.807) is 0 Å². The van der Waals surface area contributed by atoms with Crippen LogP contribution in [0.3, 0.4) is 0 Å². The zero-order valence-corrected chi connectivity index (χ0v) is 20.0. The number of aliphatic imine (C=N–C) groups is 1. The molecule has 1 saturated heterocycles. The van der Waals surface area contributed by atoms with E-state index in [0.29, 0.717) is 6.54 Å². The minimum Gasteiger partial charge on any atom is -0.489 e. The van der Waals surface area contributed by atoms with Gasteiger partial charge >= 0.3 is 0 Å². The van der Waals surface area contributed by atoms with Crippen molar-refractivity contribution in [3.63, 3.8) is 0 Å². The van der Waals surface area contributed by atoms with Crippen LogP contribution in [0.1, 0.15) is 27.2 Å². The molecule has 1 fully saturated rings. The highest BCUT2D eigenvalue weighted by atomic mass is 127. The van der Waals surface area contributed by atoms with Crippen molar-refractivity contribution in [2.45, 2.75) is 33.3 Å². The number of rotatable bonds is 8. The molecule has 5 nitrogen and oxygen atoms in total. The molecular formula is C20H34ClIN4O. The lowest BCUT2D eigenvalue weighted by molar-refractivity contribution is 0.222. The lowest BCUT2D eigenvalue weighted by atomic mass is 10.1. The van der Waals surface area contributed by atoms with Crippen LogP contribution in [0.4, 0.5) is 0 Å². The molecule has 7 heteroatoms. The van der Waals surface area contributed by atoms with Gasteiger partial charge in [-0.05, 0) is 56.6 Å². The van der Waals surface area contributed by atoms with Gasteiger partial charge in [-0.3, -0.25) is 4.99 Å². The fourth-order valence-electron chi connectivity index (χ4n) is 3.38. The third-order valence-corrected chi connectivity index (χ3v) is 5.16. The van der Waals surface area contributed by atoms with Crippen molar-refractivity contribution < 1.29 is 4.74 Å². The molecule has 27 heavy (non-hydrogen) atoms. The van der Waals surface area contributed by atoms with Gasteiger partial charge in [0, 0.05) is 31.7 Å². The number of nitrogens with one attached hydrogen (secondary N) is 1. The summed E-state index contributed by atoms with van der Waals surface area (Å²) < 4.78 is 5.93. The summed E-state index contributed by atoms with van der Waals surface area (Å²) in [4.78, 5) is 9.33. The minimum absolute atomic E-state index is 0. The molecule has 1 N–H and O–H groups in total. The average molecular weight is 509 g/mol. The molecule has 1 aliphatic heterocycles. The molecule has 2 atom stereocenters. The van der Waals surface area contributed by atoms with Gasteiger partial charge in [-0.1, -0.05) is 25.4 Å². The van der Waals surface area contributed by atoms with E-state index in [1.165, 1.54) is 13.0 Å². The Morgan fingerprint density at radius 1 is 1.33 bits per heavy atom. The van der Waals surface area contributed by atoms with Crippen LogP contribution in [-0.2, 0) is 0 Å². The van der Waals surface area contributed by atoms with Gasteiger partial charge in [0.25, 0.3) is 0 Å². The Kier molecular flexibility index (Phi) is 11.4. The molecule has 154 valence electrons. The number of nitrogens with zero attached hydrogens (tertiary/aromatic N) is 3. The van der Waals surface area contributed by atoms with Gasteiger partial charge in [0.1, 0.15) is 11.9 Å². The lowest BCUT2D eigenvalue weighted by Gasteiger charge is -2.25. The van der Waals surface area contributed by atoms with Gasteiger partial charge < -0.3 is 19.9 Å². The summed E-state index contributed by atoms with van der Waals surface area (Å²) in [5.74, 6) is 2.52. The lowest BCUT2D eigenvalue weighted by Crippen LogP contribution is -2.44. The summed E-state index contributed by atoms with van der Waals surface area (Å²) in [6.45, 7) is 12.8. The summed E-state index contributed by atoms with van der Waals surface area (Å²) in [6, 6.07) is 7.48. The highest BCUT2D eigenvalue weighted by molar-refractivity contribution is 14.0. The SMILES string of the molecule is CCN(CC)CC1CCN(C(=NC)NCC(C)Oc2ccc(Cl)cc2)C1.I. The maximum absolute atomic E-state index is 5.93. The standard InChI is InChI=1S/C20H33ClN4O.HI/c1-5-24(6-2)14-17-11-12-25(15-17)20(22-4)23-13-16(3)26-19-9-7-18(21)8-10-19;/h7-10,16-17H,5-6,11-15H2,1-4H3,(H,22,23);1H. The molecule has 2 unspecified atom stereocenters. The summed E-state index contributed by atoms with van der Waals surface area (Å²) in [5.41, 5.74) is 0. The quantitative estimate of drug-likeness (QED) is 0.328. The van der Waals surface area contributed by atoms with E-state index >= 15 is 0 Å². The zero-order chi connectivity index (χ0) is 18.9. The fourth-order valence-corrected chi connectivity index (χ4v) is 3.50. The molecule has 1 aromatic rings. The summed E-state index contributed by atoms with van der Waals surface area (Å²) in [7, 11) is 1.85. The fraction of sp³-hybridized carbons (Fsp3) is 0.650. The largest absolute Gasteiger partial charge is 0.489 e. The summed E-state index contributed by atoms with van der Waals surface area (Å²) >= 11 is 5.91. The monoisotopic (exact) mass is 508 g/mol. The Balaban J connectivity index is 0.00000364. The number of hydrogen-bond donors (Lipinski definition) is 1. The molecule has 0 aliphatic carbocycles. The predicted molar refractivity (Wildman–Crippen MR) is 126 cm³/mol. The van der Waals surface area contributed by atoms with Crippen LogP contribution >= 0.6 is 35.6 Å². The molecule has 1 heterocycles. The van der Waals surface area contributed by atoms with Gasteiger partial charge in [0.05, 0.1) is 6.54 Å². The van der Waals surface area contributed by atoms with Gasteiger partial charge in [0.15, 0.2) is 5.96 Å². The first-order chi connectivity index (χ1) is 12.5. The van der Waals surface area contributed by atoms with Gasteiger partial charge in [-0.25, -0.2) is 0 Å². The van der Waals surface area contributed by atoms with E-state index in [9.17, 15) is 0 Å². The normalized spacial score (nSPS) is 18.4. The van der Waals surface area contributed by atoms with Crippen LogP contribution in [0.2, 0.25) is 5.02 Å². The van der Waals surface area contributed by atoms with E-state index in [4.69, 9.17) is 16.3 Å². The van der Waals surface area contributed by atoms with E-state index in [0.717, 1.165) is 48.8 Å². The van der Waals surface area contributed by atoms with Crippen molar-refractivity contribution in [2.24, 2.45) is 10.9 Å². The van der Waals surface area contributed by atoms with Crippen LogP contribution in [0.25, 0.3) is 0 Å². The van der Waals surface area contributed by atoms with Gasteiger partial charge in [0.2, 0.25) is 0 Å². The minimum atomic E-state index is 0. The second-order valence-electron chi connectivity index (χ2n) is 6.90. The highest BCUT2D eigenvalue weighted by Crippen LogP contribution is 2.18. The summed E-state index contributed by atoms with van der Waals surface area (Å²) in [5, 5.41) is 4.18. The topological polar surface area (TPSA) is 40.1 Å². The predicted octanol–water partition coefficient (Wildman–Crippen LogP) is 3.96. The maximum Gasteiger partial charge on any atom is 0.193 e. The van der Waals surface area contributed by atoms with E-state index in [-0.39, 0.29) is 30.1 Å². The van der Waals surface area contributed by atoms with Gasteiger partial charge in [-0.15, -0.1) is 24.0 Å². The first kappa shape index (κ1) is 24.3. The Labute approximate surface area is 186 Å². The molecule has 0 radical (unpaired) electrons. The van der Waals surface area contributed by atoms with Gasteiger partial charge in [-0.2, -0.15) is 0 Å².